The van der Waals surface area contributed by atoms with Gasteiger partial charge in [-0.25, -0.2) is 4.98 Å². The van der Waals surface area contributed by atoms with Crippen molar-refractivity contribution in [1.29, 1.82) is 0 Å². The van der Waals surface area contributed by atoms with Crippen molar-refractivity contribution in [2.45, 2.75) is 51.6 Å². The number of carboxylic acid groups (broad SMARTS) is 1. The van der Waals surface area contributed by atoms with Crippen LogP contribution in [0, 0.1) is 0 Å². The van der Waals surface area contributed by atoms with Crippen LogP contribution in [-0.2, 0) is 24.2 Å². The zero-order valence-electron chi connectivity index (χ0n) is 23.4. The maximum absolute atomic E-state index is 13.3. The van der Waals surface area contributed by atoms with Crippen LogP contribution in [0.25, 0.3) is 22.5 Å². The second kappa shape index (κ2) is 13.5. The molecule has 42 heavy (non-hydrogen) atoms. The Bertz CT molecular complexity index is 1610. The lowest BCUT2D eigenvalue weighted by atomic mass is 9.98. The molecule has 0 saturated carbocycles. The quantitative estimate of drug-likeness (QED) is 0.184. The molecule has 5 aromatic rings. The number of benzene rings is 3. The smallest absolute Gasteiger partial charge is 0.305 e. The van der Waals surface area contributed by atoms with Gasteiger partial charge in [-0.3, -0.25) is 9.59 Å². The number of aromatic nitrogens is 6. The van der Waals surface area contributed by atoms with Crippen molar-refractivity contribution in [2.75, 3.05) is 0 Å². The van der Waals surface area contributed by atoms with Crippen molar-refractivity contribution < 1.29 is 14.7 Å². The summed E-state index contributed by atoms with van der Waals surface area (Å²) in [6, 6.07) is 25.2. The predicted molar refractivity (Wildman–Crippen MR) is 159 cm³/mol. The summed E-state index contributed by atoms with van der Waals surface area (Å²) in [7, 11) is 0. The number of nitrogens with zero attached hydrogens (tertiary/aromatic N) is 5. The predicted octanol–water partition coefficient (Wildman–Crippen LogP) is 4.94. The number of amides is 1. The van der Waals surface area contributed by atoms with Gasteiger partial charge < -0.3 is 15.0 Å². The molecule has 5 rings (SSSR count). The number of H-pyrrole nitrogens is 1. The second-order valence-electron chi connectivity index (χ2n) is 10.2. The van der Waals surface area contributed by atoms with Gasteiger partial charge in [0.1, 0.15) is 11.5 Å². The molecule has 10 heteroatoms. The number of tetrazole rings is 1. The van der Waals surface area contributed by atoms with E-state index in [-0.39, 0.29) is 18.0 Å². The van der Waals surface area contributed by atoms with Gasteiger partial charge in [0.25, 0.3) is 5.91 Å². The Morgan fingerprint density at radius 2 is 1.69 bits per heavy atom. The van der Waals surface area contributed by atoms with Crippen molar-refractivity contribution in [3.63, 3.8) is 0 Å². The SMILES string of the molecule is CCCCc1nc(C(=O)NC(CC(=O)O)Cc2ccccc2)cn1Cc1ccc(-c2ccccc2-c2nn[nH]n2)cc1. The number of rotatable bonds is 13. The third kappa shape index (κ3) is 7.14. The zero-order chi connectivity index (χ0) is 29.3. The molecule has 1 unspecified atom stereocenters. The topological polar surface area (TPSA) is 139 Å². The molecule has 1 amide bonds. The first-order valence-electron chi connectivity index (χ1n) is 14.0. The number of carboxylic acids is 1. The molecule has 0 fully saturated rings. The van der Waals surface area contributed by atoms with Crippen LogP contribution in [0.2, 0.25) is 0 Å². The first kappa shape index (κ1) is 28.4. The summed E-state index contributed by atoms with van der Waals surface area (Å²) in [4.78, 5) is 29.4. The molecule has 214 valence electrons. The van der Waals surface area contributed by atoms with Gasteiger partial charge in [-0.15, -0.1) is 10.2 Å². The van der Waals surface area contributed by atoms with E-state index in [2.05, 4.69) is 62.1 Å². The Hall–Kier alpha value is -5.12. The van der Waals surface area contributed by atoms with Crippen molar-refractivity contribution in [2.24, 2.45) is 0 Å². The minimum atomic E-state index is -0.964. The average Bonchev–Trinajstić information content (AvgIpc) is 3.67. The van der Waals surface area contributed by atoms with Gasteiger partial charge in [0.2, 0.25) is 5.82 Å². The Labute approximate surface area is 243 Å². The summed E-state index contributed by atoms with van der Waals surface area (Å²) in [6.45, 7) is 2.67. The van der Waals surface area contributed by atoms with Crippen LogP contribution in [0.4, 0.5) is 0 Å². The highest BCUT2D eigenvalue weighted by atomic mass is 16.4. The van der Waals surface area contributed by atoms with Gasteiger partial charge >= 0.3 is 5.97 Å². The second-order valence-corrected chi connectivity index (χ2v) is 10.2. The maximum Gasteiger partial charge on any atom is 0.305 e. The number of aromatic amines is 1. The molecular weight excluding hydrogens is 530 g/mol. The number of aliphatic carboxylic acids is 1. The molecule has 0 aliphatic rings. The van der Waals surface area contributed by atoms with Crippen molar-refractivity contribution in [3.05, 3.63) is 108 Å². The van der Waals surface area contributed by atoms with Crippen LogP contribution in [0.1, 0.15) is 53.6 Å². The molecular formula is C32H33N7O3. The summed E-state index contributed by atoms with van der Waals surface area (Å²) >= 11 is 0. The molecule has 0 aliphatic heterocycles. The molecule has 3 aromatic carbocycles. The molecule has 0 radical (unpaired) electrons. The number of carbonyl (C=O) groups excluding carboxylic acids is 1. The maximum atomic E-state index is 13.3. The Balaban J connectivity index is 1.34. The largest absolute Gasteiger partial charge is 0.481 e. The van der Waals surface area contributed by atoms with Crippen LogP contribution >= 0.6 is 0 Å². The van der Waals surface area contributed by atoms with Crippen LogP contribution in [0.15, 0.2) is 85.1 Å². The molecule has 1 atom stereocenters. The number of imidazole rings is 1. The van der Waals surface area contributed by atoms with E-state index < -0.39 is 12.0 Å². The van der Waals surface area contributed by atoms with Gasteiger partial charge in [0, 0.05) is 30.8 Å². The monoisotopic (exact) mass is 563 g/mol. The average molecular weight is 564 g/mol. The highest BCUT2D eigenvalue weighted by molar-refractivity contribution is 5.92. The van der Waals surface area contributed by atoms with E-state index in [4.69, 9.17) is 0 Å². The Morgan fingerprint density at radius 1 is 0.952 bits per heavy atom. The van der Waals surface area contributed by atoms with Crippen molar-refractivity contribution in [1.82, 2.24) is 35.5 Å². The molecule has 10 nitrogen and oxygen atoms in total. The number of carbonyl (C=O) groups is 2. The summed E-state index contributed by atoms with van der Waals surface area (Å²) in [5.41, 5.74) is 5.23. The van der Waals surface area contributed by atoms with E-state index in [1.165, 1.54) is 0 Å². The minimum Gasteiger partial charge on any atom is -0.481 e. The lowest BCUT2D eigenvalue weighted by Crippen LogP contribution is -2.38. The summed E-state index contributed by atoms with van der Waals surface area (Å²) in [5.74, 6) is 0.0241. The van der Waals surface area contributed by atoms with Crippen LogP contribution < -0.4 is 5.32 Å². The molecule has 2 aromatic heterocycles. The van der Waals surface area contributed by atoms with Crippen LogP contribution in [0.5, 0.6) is 0 Å². The van der Waals surface area contributed by atoms with Gasteiger partial charge in [-0.2, -0.15) is 5.21 Å². The van der Waals surface area contributed by atoms with E-state index >= 15 is 0 Å². The van der Waals surface area contributed by atoms with Crippen molar-refractivity contribution >= 4 is 11.9 Å². The van der Waals surface area contributed by atoms with Gasteiger partial charge in [-0.05, 0) is 40.3 Å². The lowest BCUT2D eigenvalue weighted by Gasteiger charge is -2.16. The summed E-state index contributed by atoms with van der Waals surface area (Å²) in [6.07, 6.45) is 4.69. The third-order valence-electron chi connectivity index (χ3n) is 7.06. The number of hydrogen-bond acceptors (Lipinski definition) is 6. The fraction of sp³-hybridized carbons (Fsp3) is 0.250. The lowest BCUT2D eigenvalue weighted by molar-refractivity contribution is -0.137. The summed E-state index contributed by atoms with van der Waals surface area (Å²) < 4.78 is 2.01. The van der Waals surface area contributed by atoms with E-state index in [0.717, 1.165) is 52.9 Å². The highest BCUT2D eigenvalue weighted by Gasteiger charge is 2.21. The number of nitrogens with one attached hydrogen (secondary N) is 2. The first-order chi connectivity index (χ1) is 20.5. The highest BCUT2D eigenvalue weighted by Crippen LogP contribution is 2.30. The van der Waals surface area contributed by atoms with Crippen LogP contribution in [0.3, 0.4) is 0 Å². The Morgan fingerprint density at radius 3 is 2.38 bits per heavy atom. The molecule has 0 spiro atoms. The van der Waals surface area contributed by atoms with E-state index in [1.54, 1.807) is 6.20 Å². The molecule has 0 aliphatic carbocycles. The standard InChI is InChI=1S/C32H33N7O3/c1-2-3-13-29-34-28(32(42)33-25(19-30(40)41)18-22-9-5-4-6-10-22)21-39(29)20-23-14-16-24(17-15-23)26-11-7-8-12-27(26)31-35-37-38-36-31/h4-12,14-17,21,25H,2-3,13,18-20H2,1H3,(H,33,42)(H,40,41)(H,35,36,37,38). The summed E-state index contributed by atoms with van der Waals surface area (Å²) in [5, 5.41) is 26.8. The van der Waals surface area contributed by atoms with E-state index in [0.29, 0.717) is 18.8 Å². The van der Waals surface area contributed by atoms with Gasteiger partial charge in [0.15, 0.2) is 0 Å². The first-order valence-corrected chi connectivity index (χ1v) is 14.0. The fourth-order valence-electron chi connectivity index (χ4n) is 4.97. The molecule has 2 heterocycles. The van der Waals surface area contributed by atoms with E-state index in [9.17, 15) is 14.7 Å². The fourth-order valence-corrected chi connectivity index (χ4v) is 4.97. The number of hydrogen-bond donors (Lipinski definition) is 3. The minimum absolute atomic E-state index is 0.174. The van der Waals surface area contributed by atoms with Crippen molar-refractivity contribution in [3.8, 4) is 22.5 Å². The van der Waals surface area contributed by atoms with E-state index in [1.807, 2.05) is 59.2 Å². The molecule has 3 N–H and O–H groups in total. The van der Waals surface area contributed by atoms with Gasteiger partial charge in [-0.1, -0.05) is 92.2 Å². The third-order valence-corrected chi connectivity index (χ3v) is 7.06. The molecule has 0 saturated heterocycles. The number of aryl methyl sites for hydroxylation is 1. The number of unbranched alkanes of at least 4 members (excludes halogenated alkanes) is 1. The normalized spacial score (nSPS) is 11.7. The molecule has 0 bridgehead atoms. The zero-order valence-corrected chi connectivity index (χ0v) is 23.4. The Kier molecular flexibility index (Phi) is 9.13. The van der Waals surface area contributed by atoms with Crippen LogP contribution in [-0.4, -0.2) is 53.2 Å². The van der Waals surface area contributed by atoms with Gasteiger partial charge in [0.05, 0.1) is 6.42 Å².